The van der Waals surface area contributed by atoms with E-state index in [1.165, 1.54) is 24.9 Å². The van der Waals surface area contributed by atoms with Crippen molar-refractivity contribution in [3.63, 3.8) is 0 Å². The molecule has 0 unspecified atom stereocenters. The molecule has 1 fully saturated rings. The number of hydrogen-bond donors (Lipinski definition) is 0. The lowest BCUT2D eigenvalue weighted by Gasteiger charge is -2.35. The Labute approximate surface area is 165 Å². The van der Waals surface area contributed by atoms with Crippen molar-refractivity contribution in [1.29, 1.82) is 0 Å². The van der Waals surface area contributed by atoms with Crippen LogP contribution in [0.1, 0.15) is 42.4 Å². The van der Waals surface area contributed by atoms with Crippen LogP contribution in [-0.2, 0) is 19.6 Å². The lowest BCUT2D eigenvalue weighted by atomic mass is 10.1. The highest BCUT2D eigenvalue weighted by Gasteiger charge is 2.20. The molecule has 144 valence electrons. The fraction of sp³-hybridized carbons (Fsp3) is 0.550. The number of benzene rings is 1. The molecular formula is C20H27N5OS. The van der Waals surface area contributed by atoms with E-state index in [-0.39, 0.29) is 5.78 Å². The smallest absolute Gasteiger partial charge is 0.199 e. The molecule has 1 aromatic heterocycles. The SMILES string of the molecule is CC(=O)c1ccc(N2CCN(Cn3nc4n(c3=S)CCCCC4)CC2)cc1. The zero-order chi connectivity index (χ0) is 18.8. The van der Waals surface area contributed by atoms with E-state index in [4.69, 9.17) is 17.3 Å². The van der Waals surface area contributed by atoms with Crippen molar-refractivity contribution >= 4 is 23.7 Å². The zero-order valence-corrected chi connectivity index (χ0v) is 16.7. The third-order valence-corrected chi connectivity index (χ3v) is 6.06. The van der Waals surface area contributed by atoms with Gasteiger partial charge in [-0.15, -0.1) is 0 Å². The third kappa shape index (κ3) is 3.99. The van der Waals surface area contributed by atoms with E-state index in [0.717, 1.165) is 62.0 Å². The minimum absolute atomic E-state index is 0.113. The molecule has 4 rings (SSSR count). The highest BCUT2D eigenvalue weighted by Crippen LogP contribution is 2.19. The number of ketones is 1. The van der Waals surface area contributed by atoms with Crippen molar-refractivity contribution < 1.29 is 4.79 Å². The zero-order valence-electron chi connectivity index (χ0n) is 15.9. The number of carbonyl (C=O) groups excluding carboxylic acids is 1. The van der Waals surface area contributed by atoms with Crippen molar-refractivity contribution in [3.05, 3.63) is 40.4 Å². The Bertz CT molecular complexity index is 861. The first-order valence-electron chi connectivity index (χ1n) is 9.86. The van der Waals surface area contributed by atoms with Gasteiger partial charge in [0.15, 0.2) is 10.6 Å². The lowest BCUT2D eigenvalue weighted by Crippen LogP contribution is -2.47. The molecule has 6 nitrogen and oxygen atoms in total. The Kier molecular flexibility index (Phi) is 5.41. The van der Waals surface area contributed by atoms with Gasteiger partial charge in [-0.05, 0) is 56.2 Å². The molecule has 2 aliphatic heterocycles. The van der Waals surface area contributed by atoms with E-state index >= 15 is 0 Å². The van der Waals surface area contributed by atoms with Crippen molar-refractivity contribution in [3.8, 4) is 0 Å². The number of nitrogens with zero attached hydrogens (tertiary/aromatic N) is 5. The molecule has 1 aromatic carbocycles. The van der Waals surface area contributed by atoms with Crippen molar-refractivity contribution in [2.45, 2.75) is 45.8 Å². The minimum Gasteiger partial charge on any atom is -0.369 e. The van der Waals surface area contributed by atoms with Crippen molar-refractivity contribution in [2.75, 3.05) is 31.1 Å². The van der Waals surface area contributed by atoms with Crippen LogP contribution in [0.4, 0.5) is 5.69 Å². The first kappa shape index (κ1) is 18.4. The van der Waals surface area contributed by atoms with Crippen LogP contribution in [0.3, 0.4) is 0 Å². The van der Waals surface area contributed by atoms with E-state index < -0.39 is 0 Å². The molecule has 0 radical (unpaired) electrons. The van der Waals surface area contributed by atoms with Crippen LogP contribution >= 0.6 is 12.2 Å². The van der Waals surface area contributed by atoms with Crippen LogP contribution in [0.2, 0.25) is 0 Å². The van der Waals surface area contributed by atoms with Crippen LogP contribution in [0.25, 0.3) is 0 Å². The van der Waals surface area contributed by atoms with E-state index in [9.17, 15) is 4.79 Å². The summed E-state index contributed by atoms with van der Waals surface area (Å²) in [7, 11) is 0. The standard InChI is InChI=1S/C20H27N5OS/c1-16(26)17-6-8-18(9-7-17)23-13-11-22(12-14-23)15-25-20(27)24-10-4-2-3-5-19(24)21-25/h6-9H,2-5,10-15H2,1H3. The number of aromatic nitrogens is 3. The number of rotatable bonds is 4. The van der Waals surface area contributed by atoms with Gasteiger partial charge in [-0.1, -0.05) is 6.42 Å². The molecule has 0 aliphatic carbocycles. The normalized spacial score (nSPS) is 18.2. The summed E-state index contributed by atoms with van der Waals surface area (Å²) in [6, 6.07) is 7.94. The van der Waals surface area contributed by atoms with Gasteiger partial charge in [-0.3, -0.25) is 9.69 Å². The molecule has 0 saturated carbocycles. The maximum Gasteiger partial charge on any atom is 0.199 e. The average molecular weight is 386 g/mol. The highest BCUT2D eigenvalue weighted by molar-refractivity contribution is 7.71. The van der Waals surface area contributed by atoms with Crippen LogP contribution in [0, 0.1) is 4.77 Å². The second-order valence-electron chi connectivity index (χ2n) is 7.51. The molecule has 1 saturated heterocycles. The number of fused-ring (bicyclic) bond motifs is 1. The Morgan fingerprint density at radius 1 is 1.04 bits per heavy atom. The van der Waals surface area contributed by atoms with E-state index in [1.807, 2.05) is 16.8 Å². The van der Waals surface area contributed by atoms with Gasteiger partial charge < -0.3 is 9.47 Å². The predicted octanol–water partition coefficient (Wildman–Crippen LogP) is 3.12. The van der Waals surface area contributed by atoms with Gasteiger partial charge in [-0.25, -0.2) is 4.68 Å². The summed E-state index contributed by atoms with van der Waals surface area (Å²) >= 11 is 5.67. The molecule has 7 heteroatoms. The van der Waals surface area contributed by atoms with Crippen LogP contribution in [-0.4, -0.2) is 51.2 Å². The average Bonchev–Trinajstić information content (AvgIpc) is 2.85. The molecule has 27 heavy (non-hydrogen) atoms. The quantitative estimate of drug-likeness (QED) is 0.598. The Morgan fingerprint density at radius 2 is 1.78 bits per heavy atom. The molecule has 0 atom stereocenters. The Morgan fingerprint density at radius 3 is 2.48 bits per heavy atom. The van der Waals surface area contributed by atoms with Crippen LogP contribution in [0.5, 0.6) is 0 Å². The summed E-state index contributed by atoms with van der Waals surface area (Å²) in [4.78, 5) is 16.2. The van der Waals surface area contributed by atoms with Crippen molar-refractivity contribution in [1.82, 2.24) is 19.2 Å². The third-order valence-electron chi connectivity index (χ3n) is 5.63. The molecule has 0 spiro atoms. The Balaban J connectivity index is 1.37. The van der Waals surface area contributed by atoms with Gasteiger partial charge >= 0.3 is 0 Å². The number of aryl methyl sites for hydroxylation is 1. The Hall–Kier alpha value is -1.99. The number of piperazine rings is 1. The summed E-state index contributed by atoms with van der Waals surface area (Å²) in [5, 5.41) is 4.80. The highest BCUT2D eigenvalue weighted by atomic mass is 32.1. The maximum atomic E-state index is 11.4. The summed E-state index contributed by atoms with van der Waals surface area (Å²) < 4.78 is 5.11. The first-order valence-corrected chi connectivity index (χ1v) is 10.3. The number of anilines is 1. The van der Waals surface area contributed by atoms with Gasteiger partial charge in [0.25, 0.3) is 0 Å². The lowest BCUT2D eigenvalue weighted by molar-refractivity contribution is 0.101. The maximum absolute atomic E-state index is 11.4. The summed E-state index contributed by atoms with van der Waals surface area (Å²) in [6.45, 7) is 7.31. The molecule has 2 aliphatic rings. The fourth-order valence-electron chi connectivity index (χ4n) is 3.96. The van der Waals surface area contributed by atoms with Gasteiger partial charge in [0.1, 0.15) is 5.82 Å². The van der Waals surface area contributed by atoms with Gasteiger partial charge in [0.05, 0.1) is 6.67 Å². The molecule has 0 N–H and O–H groups in total. The largest absolute Gasteiger partial charge is 0.369 e. The van der Waals surface area contributed by atoms with Crippen molar-refractivity contribution in [2.24, 2.45) is 0 Å². The van der Waals surface area contributed by atoms with Crippen LogP contribution in [0.15, 0.2) is 24.3 Å². The van der Waals surface area contributed by atoms with Crippen LogP contribution < -0.4 is 4.90 Å². The van der Waals surface area contributed by atoms with Gasteiger partial charge in [-0.2, -0.15) is 5.10 Å². The molecule has 2 aromatic rings. The summed E-state index contributed by atoms with van der Waals surface area (Å²) in [5.41, 5.74) is 1.95. The second-order valence-corrected chi connectivity index (χ2v) is 7.88. The number of hydrogen-bond acceptors (Lipinski definition) is 5. The first-order chi connectivity index (χ1) is 13.1. The number of Topliss-reactive ketones (excluding diaryl/α,β-unsaturated/α-hetero) is 1. The minimum atomic E-state index is 0.113. The monoisotopic (exact) mass is 385 g/mol. The van der Waals surface area contributed by atoms with E-state index in [1.54, 1.807) is 6.92 Å². The molecule has 0 amide bonds. The van der Waals surface area contributed by atoms with Gasteiger partial charge in [0, 0.05) is 50.4 Å². The van der Waals surface area contributed by atoms with E-state index in [0.29, 0.717) is 0 Å². The summed E-state index contributed by atoms with van der Waals surface area (Å²) in [5.74, 6) is 1.27. The molecular weight excluding hydrogens is 358 g/mol. The molecule has 3 heterocycles. The topological polar surface area (TPSA) is 46.3 Å². The summed E-state index contributed by atoms with van der Waals surface area (Å²) in [6.07, 6.45) is 4.73. The fourth-order valence-corrected chi connectivity index (χ4v) is 4.26. The van der Waals surface area contributed by atoms with E-state index in [2.05, 4.69) is 26.5 Å². The number of carbonyl (C=O) groups is 1. The van der Waals surface area contributed by atoms with Gasteiger partial charge in [0.2, 0.25) is 0 Å². The second kappa shape index (κ2) is 7.94. The predicted molar refractivity (Wildman–Crippen MR) is 109 cm³/mol. The molecule has 0 bridgehead atoms.